The molecule has 102 valence electrons. The summed E-state index contributed by atoms with van der Waals surface area (Å²) < 4.78 is 0. The Hall–Kier alpha value is -1.90. The first-order chi connectivity index (χ1) is 9.70. The summed E-state index contributed by atoms with van der Waals surface area (Å²) in [7, 11) is 0. The Kier molecular flexibility index (Phi) is 5.10. The summed E-state index contributed by atoms with van der Waals surface area (Å²) in [5.74, 6) is -0.0606. The standard InChI is InChI=1S/C17H15ClO2/c18-16-8-6-13(7-9-16)12-15(10-11-19)17(20)14-4-2-1-3-5-14/h1-9,12,19H,10-11H2/b15-12+. The molecule has 0 spiro atoms. The smallest absolute Gasteiger partial charge is 0.189 e. The number of aliphatic hydroxyl groups excluding tert-OH is 1. The minimum atomic E-state index is -0.0606. The lowest BCUT2D eigenvalue weighted by atomic mass is 9.99. The zero-order chi connectivity index (χ0) is 14.4. The predicted octanol–water partition coefficient (Wildman–Crippen LogP) is 3.99. The van der Waals surface area contributed by atoms with Crippen LogP contribution in [0, 0.1) is 0 Å². The topological polar surface area (TPSA) is 37.3 Å². The number of benzene rings is 2. The van der Waals surface area contributed by atoms with Crippen molar-refractivity contribution in [2.45, 2.75) is 6.42 Å². The number of aliphatic hydroxyl groups is 1. The minimum absolute atomic E-state index is 0.0575. The quantitative estimate of drug-likeness (QED) is 0.666. The van der Waals surface area contributed by atoms with Crippen molar-refractivity contribution in [2.24, 2.45) is 0 Å². The Morgan fingerprint density at radius 1 is 1.05 bits per heavy atom. The van der Waals surface area contributed by atoms with Gasteiger partial charge in [0.1, 0.15) is 0 Å². The van der Waals surface area contributed by atoms with Crippen molar-refractivity contribution in [2.75, 3.05) is 6.61 Å². The van der Waals surface area contributed by atoms with Gasteiger partial charge in [-0.2, -0.15) is 0 Å². The number of carbonyl (C=O) groups excluding carboxylic acids is 1. The first-order valence-electron chi connectivity index (χ1n) is 6.37. The SMILES string of the molecule is O=C(/C(=C/c1ccc(Cl)cc1)CCO)c1ccccc1. The molecule has 0 aromatic heterocycles. The van der Waals surface area contributed by atoms with E-state index in [4.69, 9.17) is 16.7 Å². The highest BCUT2D eigenvalue weighted by Gasteiger charge is 2.11. The van der Waals surface area contributed by atoms with Gasteiger partial charge in [0, 0.05) is 22.8 Å². The number of hydrogen-bond acceptors (Lipinski definition) is 2. The number of halogens is 1. The summed E-state index contributed by atoms with van der Waals surface area (Å²) >= 11 is 5.84. The molecule has 0 bridgehead atoms. The van der Waals surface area contributed by atoms with Crippen LogP contribution in [0.1, 0.15) is 22.3 Å². The molecule has 0 saturated carbocycles. The summed E-state index contributed by atoms with van der Waals surface area (Å²) in [5, 5.41) is 9.79. The molecule has 20 heavy (non-hydrogen) atoms. The Morgan fingerprint density at radius 2 is 1.70 bits per heavy atom. The molecular formula is C17H15ClO2. The van der Waals surface area contributed by atoms with E-state index >= 15 is 0 Å². The van der Waals surface area contributed by atoms with Gasteiger partial charge in [-0.1, -0.05) is 54.1 Å². The molecule has 1 N–H and O–H groups in total. The van der Waals surface area contributed by atoms with E-state index in [-0.39, 0.29) is 12.4 Å². The van der Waals surface area contributed by atoms with Crippen LogP contribution in [0.5, 0.6) is 0 Å². The van der Waals surface area contributed by atoms with Gasteiger partial charge < -0.3 is 5.11 Å². The summed E-state index contributed by atoms with van der Waals surface area (Å²) in [4.78, 5) is 12.4. The van der Waals surface area contributed by atoms with E-state index in [1.54, 1.807) is 30.3 Å². The molecule has 0 aliphatic rings. The number of Topliss-reactive ketones (excluding diaryl/α,β-unsaturated/α-hetero) is 1. The molecule has 2 aromatic carbocycles. The largest absolute Gasteiger partial charge is 0.396 e. The van der Waals surface area contributed by atoms with Crippen molar-refractivity contribution >= 4 is 23.5 Å². The Bertz CT molecular complexity index is 601. The molecule has 0 radical (unpaired) electrons. The van der Waals surface area contributed by atoms with Crippen LogP contribution in [0.25, 0.3) is 6.08 Å². The van der Waals surface area contributed by atoms with E-state index in [2.05, 4.69) is 0 Å². The molecular weight excluding hydrogens is 272 g/mol. The summed E-state index contributed by atoms with van der Waals surface area (Å²) in [6.45, 7) is -0.0575. The van der Waals surface area contributed by atoms with E-state index in [1.807, 2.05) is 30.3 Å². The molecule has 0 heterocycles. The Labute approximate surface area is 123 Å². The van der Waals surface area contributed by atoms with Crippen LogP contribution in [-0.4, -0.2) is 17.5 Å². The third kappa shape index (κ3) is 3.80. The van der Waals surface area contributed by atoms with Crippen LogP contribution in [0.2, 0.25) is 5.02 Å². The molecule has 2 aromatic rings. The third-order valence-corrected chi connectivity index (χ3v) is 3.17. The van der Waals surface area contributed by atoms with Crippen LogP contribution in [-0.2, 0) is 0 Å². The highest BCUT2D eigenvalue weighted by atomic mass is 35.5. The second kappa shape index (κ2) is 7.04. The molecule has 0 amide bonds. The number of hydrogen-bond donors (Lipinski definition) is 1. The minimum Gasteiger partial charge on any atom is -0.396 e. The maximum Gasteiger partial charge on any atom is 0.189 e. The van der Waals surface area contributed by atoms with Gasteiger partial charge in [0.2, 0.25) is 0 Å². The lowest BCUT2D eigenvalue weighted by Gasteiger charge is -2.06. The molecule has 0 atom stereocenters. The molecule has 2 nitrogen and oxygen atoms in total. The molecule has 0 fully saturated rings. The first kappa shape index (κ1) is 14.5. The van der Waals surface area contributed by atoms with E-state index in [1.165, 1.54) is 0 Å². The van der Waals surface area contributed by atoms with Crippen LogP contribution in [0.15, 0.2) is 60.2 Å². The Morgan fingerprint density at radius 3 is 2.30 bits per heavy atom. The zero-order valence-corrected chi connectivity index (χ0v) is 11.7. The van der Waals surface area contributed by atoms with Crippen molar-refractivity contribution in [3.63, 3.8) is 0 Å². The van der Waals surface area contributed by atoms with Gasteiger partial charge in [-0.25, -0.2) is 0 Å². The first-order valence-corrected chi connectivity index (χ1v) is 6.75. The summed E-state index contributed by atoms with van der Waals surface area (Å²) in [6, 6.07) is 16.3. The third-order valence-electron chi connectivity index (χ3n) is 2.92. The van der Waals surface area contributed by atoms with Gasteiger partial charge in [-0.3, -0.25) is 4.79 Å². The fourth-order valence-electron chi connectivity index (χ4n) is 1.91. The van der Waals surface area contributed by atoms with Gasteiger partial charge in [-0.05, 0) is 30.2 Å². The second-order valence-corrected chi connectivity index (χ2v) is 4.83. The Balaban J connectivity index is 2.31. The number of ketones is 1. The molecule has 2 rings (SSSR count). The number of carbonyl (C=O) groups is 1. The highest BCUT2D eigenvalue weighted by molar-refractivity contribution is 6.30. The lowest BCUT2D eigenvalue weighted by molar-refractivity contribution is 0.102. The fraction of sp³-hybridized carbons (Fsp3) is 0.118. The van der Waals surface area contributed by atoms with Gasteiger partial charge >= 0.3 is 0 Å². The molecule has 3 heteroatoms. The van der Waals surface area contributed by atoms with Crippen molar-refractivity contribution in [3.8, 4) is 0 Å². The summed E-state index contributed by atoms with van der Waals surface area (Å²) in [5.41, 5.74) is 2.10. The average molecular weight is 287 g/mol. The van der Waals surface area contributed by atoms with Crippen molar-refractivity contribution < 1.29 is 9.90 Å². The van der Waals surface area contributed by atoms with Crippen LogP contribution in [0.4, 0.5) is 0 Å². The van der Waals surface area contributed by atoms with Gasteiger partial charge in [0.25, 0.3) is 0 Å². The maximum absolute atomic E-state index is 12.4. The van der Waals surface area contributed by atoms with Crippen LogP contribution in [0.3, 0.4) is 0 Å². The van der Waals surface area contributed by atoms with Crippen molar-refractivity contribution in [1.82, 2.24) is 0 Å². The maximum atomic E-state index is 12.4. The number of rotatable bonds is 5. The highest BCUT2D eigenvalue weighted by Crippen LogP contribution is 2.17. The molecule has 0 aliphatic carbocycles. The molecule has 0 unspecified atom stereocenters. The van der Waals surface area contributed by atoms with Gasteiger partial charge in [0.15, 0.2) is 5.78 Å². The normalized spacial score (nSPS) is 11.4. The van der Waals surface area contributed by atoms with Crippen molar-refractivity contribution in [3.05, 3.63) is 76.3 Å². The summed E-state index contributed by atoms with van der Waals surface area (Å²) in [6.07, 6.45) is 2.12. The monoisotopic (exact) mass is 286 g/mol. The van der Waals surface area contributed by atoms with Crippen LogP contribution < -0.4 is 0 Å². The van der Waals surface area contributed by atoms with Gasteiger partial charge in [-0.15, -0.1) is 0 Å². The fourth-order valence-corrected chi connectivity index (χ4v) is 2.03. The second-order valence-electron chi connectivity index (χ2n) is 4.39. The predicted molar refractivity (Wildman–Crippen MR) is 81.9 cm³/mol. The van der Waals surface area contributed by atoms with Gasteiger partial charge in [0.05, 0.1) is 0 Å². The van der Waals surface area contributed by atoms with Crippen molar-refractivity contribution in [1.29, 1.82) is 0 Å². The van der Waals surface area contributed by atoms with E-state index < -0.39 is 0 Å². The molecule has 0 aliphatic heterocycles. The molecule has 0 saturated heterocycles. The van der Waals surface area contributed by atoms with E-state index in [0.717, 1.165) is 5.56 Å². The van der Waals surface area contributed by atoms with Crippen LogP contribution >= 0.6 is 11.6 Å². The zero-order valence-electron chi connectivity index (χ0n) is 10.9. The lowest BCUT2D eigenvalue weighted by Crippen LogP contribution is -2.05. The average Bonchev–Trinajstić information content (AvgIpc) is 2.49. The van der Waals surface area contributed by atoms with E-state index in [9.17, 15) is 4.79 Å². The van der Waals surface area contributed by atoms with E-state index in [0.29, 0.717) is 22.6 Å².